The molecule has 0 aromatic carbocycles. The Morgan fingerprint density at radius 1 is 1.42 bits per heavy atom. The summed E-state index contributed by atoms with van der Waals surface area (Å²) in [6.45, 7) is 4.35. The Morgan fingerprint density at radius 3 is 2.96 bits per heavy atom. The van der Waals surface area contributed by atoms with Crippen LogP contribution in [0.3, 0.4) is 0 Å². The van der Waals surface area contributed by atoms with Gasteiger partial charge in [0.2, 0.25) is 0 Å². The average Bonchev–Trinajstić information content (AvgIpc) is 3.20. The van der Waals surface area contributed by atoms with Gasteiger partial charge >= 0.3 is 5.97 Å². The minimum atomic E-state index is -0.364. The van der Waals surface area contributed by atoms with Crippen LogP contribution in [0.5, 0.6) is 0 Å². The van der Waals surface area contributed by atoms with E-state index in [1.807, 2.05) is 12.3 Å². The molecule has 1 aliphatic carbocycles. The molecule has 0 radical (unpaired) electrons. The van der Waals surface area contributed by atoms with Gasteiger partial charge in [0.05, 0.1) is 11.6 Å². The number of H-pyrrole nitrogens is 1. The van der Waals surface area contributed by atoms with Crippen molar-refractivity contribution in [2.75, 3.05) is 6.61 Å². The van der Waals surface area contributed by atoms with E-state index in [1.54, 1.807) is 17.5 Å². The molecule has 1 aliphatic rings. The van der Waals surface area contributed by atoms with Gasteiger partial charge in [-0.2, -0.15) is 0 Å². The van der Waals surface area contributed by atoms with E-state index in [0.29, 0.717) is 36.3 Å². The number of carbonyl (C=O) groups excluding carboxylic acids is 2. The second kappa shape index (κ2) is 7.30. The van der Waals surface area contributed by atoms with Crippen molar-refractivity contribution in [1.29, 1.82) is 0 Å². The summed E-state index contributed by atoms with van der Waals surface area (Å²) >= 11 is 1.57. The Bertz CT molecular complexity index is 734. The van der Waals surface area contributed by atoms with Gasteiger partial charge in [0, 0.05) is 35.2 Å². The molecule has 0 amide bonds. The maximum absolute atomic E-state index is 12.6. The zero-order chi connectivity index (χ0) is 17.1. The van der Waals surface area contributed by atoms with Gasteiger partial charge in [0.15, 0.2) is 5.78 Å². The monoisotopic (exact) mass is 346 g/mol. The molecule has 0 spiro atoms. The first kappa shape index (κ1) is 16.9. The lowest BCUT2D eigenvalue weighted by Gasteiger charge is -2.19. The third kappa shape index (κ3) is 3.29. The van der Waals surface area contributed by atoms with Crippen molar-refractivity contribution >= 4 is 23.1 Å². The molecule has 1 atom stereocenters. The molecule has 0 fully saturated rings. The molecule has 3 rings (SSSR count). The Morgan fingerprint density at radius 2 is 2.25 bits per heavy atom. The second-order valence-corrected chi connectivity index (χ2v) is 7.15. The van der Waals surface area contributed by atoms with Crippen LogP contribution in [0, 0.1) is 6.92 Å². The SMILES string of the molecule is CCCCCOC(=O)c1[nH]c2c(c1C)C(=O)CC(c1nccs1)C2. The highest BCUT2D eigenvalue weighted by molar-refractivity contribution is 7.09. The van der Waals surface area contributed by atoms with Crippen molar-refractivity contribution < 1.29 is 14.3 Å². The van der Waals surface area contributed by atoms with Crippen molar-refractivity contribution in [3.8, 4) is 0 Å². The summed E-state index contributed by atoms with van der Waals surface area (Å²) in [4.78, 5) is 32.3. The number of hydrogen-bond donors (Lipinski definition) is 1. The van der Waals surface area contributed by atoms with Crippen LogP contribution in [0.2, 0.25) is 0 Å². The number of nitrogens with zero attached hydrogens (tertiary/aromatic N) is 1. The summed E-state index contributed by atoms with van der Waals surface area (Å²) < 4.78 is 5.33. The quantitative estimate of drug-likeness (QED) is 0.633. The van der Waals surface area contributed by atoms with E-state index in [-0.39, 0.29) is 17.7 Å². The van der Waals surface area contributed by atoms with Gasteiger partial charge in [-0.25, -0.2) is 9.78 Å². The Labute approximate surface area is 145 Å². The lowest BCUT2D eigenvalue weighted by Crippen LogP contribution is -2.18. The van der Waals surface area contributed by atoms with Crippen LogP contribution in [-0.2, 0) is 11.2 Å². The summed E-state index contributed by atoms with van der Waals surface area (Å²) in [5.41, 5.74) is 2.64. The van der Waals surface area contributed by atoms with E-state index >= 15 is 0 Å². The zero-order valence-electron chi connectivity index (χ0n) is 14.1. The number of aromatic nitrogens is 2. The van der Waals surface area contributed by atoms with Crippen LogP contribution < -0.4 is 0 Å². The molecule has 0 saturated carbocycles. The first-order chi connectivity index (χ1) is 11.6. The number of ketones is 1. The molecule has 2 aromatic rings. The maximum Gasteiger partial charge on any atom is 0.355 e. The van der Waals surface area contributed by atoms with Crippen LogP contribution in [0.15, 0.2) is 11.6 Å². The number of aromatic amines is 1. The van der Waals surface area contributed by atoms with Crippen LogP contribution in [0.4, 0.5) is 0 Å². The Kier molecular flexibility index (Phi) is 5.14. The molecule has 2 heterocycles. The highest BCUT2D eigenvalue weighted by Gasteiger charge is 2.33. The lowest BCUT2D eigenvalue weighted by atomic mass is 9.86. The van der Waals surface area contributed by atoms with Crippen molar-refractivity contribution in [3.05, 3.63) is 39.1 Å². The van der Waals surface area contributed by atoms with E-state index < -0.39 is 0 Å². The Balaban J connectivity index is 1.77. The molecule has 0 saturated heterocycles. The number of rotatable bonds is 6. The minimum Gasteiger partial charge on any atom is -0.461 e. The maximum atomic E-state index is 12.6. The number of thiazole rings is 1. The number of carbonyl (C=O) groups is 2. The molecule has 0 bridgehead atoms. The number of ether oxygens (including phenoxy) is 1. The fourth-order valence-corrected chi connectivity index (χ4v) is 3.98. The number of nitrogens with one attached hydrogen (secondary N) is 1. The second-order valence-electron chi connectivity index (χ2n) is 6.22. The number of unbranched alkanes of at least 4 members (excludes halogenated alkanes) is 2. The largest absolute Gasteiger partial charge is 0.461 e. The third-order valence-electron chi connectivity index (χ3n) is 4.47. The first-order valence-corrected chi connectivity index (χ1v) is 9.31. The molecule has 6 heteroatoms. The number of esters is 1. The van der Waals surface area contributed by atoms with Crippen molar-refractivity contribution in [2.24, 2.45) is 0 Å². The first-order valence-electron chi connectivity index (χ1n) is 8.43. The van der Waals surface area contributed by atoms with Gasteiger partial charge < -0.3 is 9.72 Å². The van der Waals surface area contributed by atoms with Gasteiger partial charge in [-0.1, -0.05) is 19.8 Å². The van der Waals surface area contributed by atoms with Crippen molar-refractivity contribution in [2.45, 2.75) is 51.9 Å². The van der Waals surface area contributed by atoms with Crippen LogP contribution in [0.1, 0.15) is 75.6 Å². The summed E-state index contributed by atoms with van der Waals surface area (Å²) in [6, 6.07) is 0. The summed E-state index contributed by atoms with van der Waals surface area (Å²) in [5, 5.41) is 2.90. The highest BCUT2D eigenvalue weighted by Crippen LogP contribution is 2.35. The van der Waals surface area contributed by atoms with Gasteiger partial charge in [0.1, 0.15) is 5.69 Å². The molecule has 128 valence electrons. The average molecular weight is 346 g/mol. The fraction of sp³-hybridized carbons (Fsp3) is 0.500. The summed E-state index contributed by atoms with van der Waals surface area (Å²) in [6.07, 6.45) is 5.91. The molecule has 0 aliphatic heterocycles. The van der Waals surface area contributed by atoms with Gasteiger partial charge in [-0.05, 0) is 25.3 Å². The molecular formula is C18H22N2O3S. The zero-order valence-corrected chi connectivity index (χ0v) is 14.9. The number of fused-ring (bicyclic) bond motifs is 1. The van der Waals surface area contributed by atoms with Crippen molar-refractivity contribution in [1.82, 2.24) is 9.97 Å². The van der Waals surface area contributed by atoms with Gasteiger partial charge in [-0.3, -0.25) is 4.79 Å². The molecule has 1 unspecified atom stereocenters. The fourth-order valence-electron chi connectivity index (χ4n) is 3.24. The normalized spacial score (nSPS) is 16.9. The van der Waals surface area contributed by atoms with E-state index in [0.717, 1.165) is 30.0 Å². The van der Waals surface area contributed by atoms with Crippen LogP contribution in [-0.4, -0.2) is 28.3 Å². The predicted molar refractivity (Wildman–Crippen MR) is 92.8 cm³/mol. The standard InChI is InChI=1S/C18H22N2O3S/c1-3-4-5-7-23-18(22)16-11(2)15-13(20-16)9-12(10-14(15)21)17-19-6-8-24-17/h6,8,12,20H,3-5,7,9-10H2,1-2H3. The van der Waals surface area contributed by atoms with E-state index in [9.17, 15) is 9.59 Å². The molecule has 24 heavy (non-hydrogen) atoms. The van der Waals surface area contributed by atoms with Gasteiger partial charge in [-0.15, -0.1) is 11.3 Å². The lowest BCUT2D eigenvalue weighted by molar-refractivity contribution is 0.0491. The topological polar surface area (TPSA) is 72.1 Å². The number of Topliss-reactive ketones (excluding diaryl/α,β-unsaturated/α-hetero) is 1. The third-order valence-corrected chi connectivity index (χ3v) is 5.41. The van der Waals surface area contributed by atoms with Crippen LogP contribution in [0.25, 0.3) is 0 Å². The predicted octanol–water partition coefficient (Wildman–Crippen LogP) is 4.04. The summed E-state index contributed by atoms with van der Waals surface area (Å²) in [7, 11) is 0. The van der Waals surface area contributed by atoms with Crippen molar-refractivity contribution in [3.63, 3.8) is 0 Å². The van der Waals surface area contributed by atoms with E-state index in [1.165, 1.54) is 0 Å². The van der Waals surface area contributed by atoms with Gasteiger partial charge in [0.25, 0.3) is 0 Å². The number of hydrogen-bond acceptors (Lipinski definition) is 5. The molecule has 2 aromatic heterocycles. The van der Waals surface area contributed by atoms with E-state index in [4.69, 9.17) is 4.74 Å². The van der Waals surface area contributed by atoms with Crippen LogP contribution >= 0.6 is 11.3 Å². The smallest absolute Gasteiger partial charge is 0.355 e. The highest BCUT2D eigenvalue weighted by atomic mass is 32.1. The molecule has 1 N–H and O–H groups in total. The summed E-state index contributed by atoms with van der Waals surface area (Å²) in [5.74, 6) is -0.191. The molecule has 5 nitrogen and oxygen atoms in total. The molecular weight excluding hydrogens is 324 g/mol. The Hall–Kier alpha value is -1.95. The minimum absolute atomic E-state index is 0.0789. The van der Waals surface area contributed by atoms with E-state index in [2.05, 4.69) is 16.9 Å².